The van der Waals surface area contributed by atoms with E-state index >= 15 is 0 Å². The number of hydrogen-bond acceptors (Lipinski definition) is 4. The number of hydrogen-bond donors (Lipinski definition) is 3. The first-order chi connectivity index (χ1) is 14.9. The first kappa shape index (κ1) is 22.1. The van der Waals surface area contributed by atoms with Crippen LogP contribution in [-0.4, -0.2) is 24.8 Å². The molecular formula is C22H17Cl2N3O4. The van der Waals surface area contributed by atoms with E-state index < -0.39 is 17.7 Å². The number of ether oxygens (including phenoxy) is 1. The Balaban J connectivity index is 1.62. The molecule has 0 saturated heterocycles. The van der Waals surface area contributed by atoms with Gasteiger partial charge in [-0.2, -0.15) is 0 Å². The Kier molecular flexibility index (Phi) is 7.12. The monoisotopic (exact) mass is 457 g/mol. The third-order valence-electron chi connectivity index (χ3n) is 4.20. The molecule has 0 fully saturated rings. The molecule has 3 N–H and O–H groups in total. The van der Waals surface area contributed by atoms with Gasteiger partial charge in [-0.1, -0.05) is 29.3 Å². The summed E-state index contributed by atoms with van der Waals surface area (Å²) in [5.41, 5.74) is 5.88. The molecule has 0 aliphatic heterocycles. The Morgan fingerprint density at radius 3 is 2.10 bits per heavy atom. The maximum absolute atomic E-state index is 12.4. The number of nitrogens with one attached hydrogen (secondary N) is 3. The molecule has 0 radical (unpaired) electrons. The molecule has 0 bridgehead atoms. The highest BCUT2D eigenvalue weighted by molar-refractivity contribution is 6.37. The molecule has 3 amide bonds. The van der Waals surface area contributed by atoms with Gasteiger partial charge in [0.15, 0.2) is 0 Å². The zero-order valence-corrected chi connectivity index (χ0v) is 17.8. The SMILES string of the molecule is COc1ccc(C(=O)NNC(=O)c2cccc(NC(=O)c3ccc(Cl)cc3Cl)c2)cc1. The standard InChI is InChI=1S/C22H17Cl2N3O4/c1-31-17-8-5-13(6-9-17)20(28)26-27-21(29)14-3-2-4-16(11-14)25-22(30)18-10-7-15(23)12-19(18)24/h2-12H,1H3,(H,25,30)(H,26,28)(H,27,29). The molecule has 0 atom stereocenters. The number of halogens is 2. The van der Waals surface area contributed by atoms with E-state index in [0.29, 0.717) is 22.0 Å². The first-order valence-corrected chi connectivity index (χ1v) is 9.74. The fourth-order valence-corrected chi connectivity index (χ4v) is 3.10. The number of hydrazine groups is 1. The smallest absolute Gasteiger partial charge is 0.269 e. The van der Waals surface area contributed by atoms with E-state index in [4.69, 9.17) is 27.9 Å². The zero-order chi connectivity index (χ0) is 22.4. The molecule has 3 rings (SSSR count). The molecule has 0 aromatic heterocycles. The van der Waals surface area contributed by atoms with Crippen LogP contribution in [0.5, 0.6) is 5.75 Å². The molecule has 0 aliphatic rings. The van der Waals surface area contributed by atoms with E-state index in [0.717, 1.165) is 0 Å². The minimum atomic E-state index is -0.553. The van der Waals surface area contributed by atoms with Crippen molar-refractivity contribution in [3.05, 3.63) is 93.5 Å². The van der Waals surface area contributed by atoms with Gasteiger partial charge in [-0.05, 0) is 60.7 Å². The van der Waals surface area contributed by atoms with Crippen LogP contribution in [0.25, 0.3) is 0 Å². The minimum Gasteiger partial charge on any atom is -0.497 e. The molecule has 0 aliphatic carbocycles. The number of anilines is 1. The maximum atomic E-state index is 12.4. The van der Waals surface area contributed by atoms with E-state index in [-0.39, 0.29) is 16.1 Å². The van der Waals surface area contributed by atoms with Gasteiger partial charge in [0.2, 0.25) is 0 Å². The van der Waals surface area contributed by atoms with E-state index in [1.165, 1.54) is 25.3 Å². The average Bonchev–Trinajstić information content (AvgIpc) is 2.77. The van der Waals surface area contributed by atoms with E-state index in [1.807, 2.05) is 0 Å². The molecule has 7 nitrogen and oxygen atoms in total. The van der Waals surface area contributed by atoms with Gasteiger partial charge in [0.25, 0.3) is 17.7 Å². The predicted molar refractivity (Wildman–Crippen MR) is 119 cm³/mol. The molecule has 31 heavy (non-hydrogen) atoms. The highest BCUT2D eigenvalue weighted by Gasteiger charge is 2.13. The Morgan fingerprint density at radius 1 is 0.774 bits per heavy atom. The average molecular weight is 458 g/mol. The Bertz CT molecular complexity index is 1130. The number of carbonyl (C=O) groups is 3. The van der Waals surface area contributed by atoms with Crippen molar-refractivity contribution in [2.45, 2.75) is 0 Å². The van der Waals surface area contributed by atoms with Crippen molar-refractivity contribution < 1.29 is 19.1 Å². The molecule has 0 unspecified atom stereocenters. The molecule has 0 spiro atoms. The van der Waals surface area contributed by atoms with E-state index in [2.05, 4.69) is 16.2 Å². The van der Waals surface area contributed by atoms with Crippen molar-refractivity contribution in [2.24, 2.45) is 0 Å². The van der Waals surface area contributed by atoms with Crippen LogP contribution >= 0.6 is 23.2 Å². The van der Waals surface area contributed by atoms with Crippen LogP contribution in [0, 0.1) is 0 Å². The molecule has 158 valence electrons. The second-order valence-electron chi connectivity index (χ2n) is 6.30. The lowest BCUT2D eigenvalue weighted by Crippen LogP contribution is -2.41. The predicted octanol–water partition coefficient (Wildman–Crippen LogP) is 4.33. The number of methoxy groups -OCH3 is 1. The molecule has 3 aromatic carbocycles. The number of benzene rings is 3. The summed E-state index contributed by atoms with van der Waals surface area (Å²) < 4.78 is 5.04. The molecule has 9 heteroatoms. The summed E-state index contributed by atoms with van der Waals surface area (Å²) in [6, 6.07) is 17.2. The molecular weight excluding hydrogens is 441 g/mol. The highest BCUT2D eigenvalue weighted by Crippen LogP contribution is 2.22. The van der Waals surface area contributed by atoms with Crippen LogP contribution in [0.2, 0.25) is 10.0 Å². The largest absolute Gasteiger partial charge is 0.497 e. The number of rotatable bonds is 5. The van der Waals surface area contributed by atoms with Gasteiger partial charge in [0.1, 0.15) is 5.75 Å². The second kappa shape index (κ2) is 9.97. The van der Waals surface area contributed by atoms with Crippen molar-refractivity contribution in [1.82, 2.24) is 10.9 Å². The lowest BCUT2D eigenvalue weighted by molar-refractivity contribution is 0.0846. The zero-order valence-electron chi connectivity index (χ0n) is 16.2. The molecule has 0 saturated carbocycles. The summed E-state index contributed by atoms with van der Waals surface area (Å²) in [4.78, 5) is 37.0. The van der Waals surface area contributed by atoms with Crippen LogP contribution in [0.15, 0.2) is 66.7 Å². The lowest BCUT2D eigenvalue weighted by atomic mass is 10.1. The Hall–Kier alpha value is -3.55. The van der Waals surface area contributed by atoms with Gasteiger partial charge in [0, 0.05) is 21.8 Å². The summed E-state index contributed by atoms with van der Waals surface area (Å²) in [7, 11) is 1.52. The summed E-state index contributed by atoms with van der Waals surface area (Å²) >= 11 is 11.9. The van der Waals surface area contributed by atoms with Gasteiger partial charge >= 0.3 is 0 Å². The van der Waals surface area contributed by atoms with Crippen LogP contribution in [0.1, 0.15) is 31.1 Å². The van der Waals surface area contributed by atoms with Gasteiger partial charge in [-0.15, -0.1) is 0 Å². The van der Waals surface area contributed by atoms with Gasteiger partial charge in [0.05, 0.1) is 17.7 Å². The molecule has 3 aromatic rings. The maximum Gasteiger partial charge on any atom is 0.269 e. The lowest BCUT2D eigenvalue weighted by Gasteiger charge is -2.10. The second-order valence-corrected chi connectivity index (χ2v) is 7.14. The van der Waals surface area contributed by atoms with Gasteiger partial charge in [-0.25, -0.2) is 0 Å². The van der Waals surface area contributed by atoms with Crippen molar-refractivity contribution in [3.63, 3.8) is 0 Å². The van der Waals surface area contributed by atoms with Crippen molar-refractivity contribution in [3.8, 4) is 5.75 Å². The third-order valence-corrected chi connectivity index (χ3v) is 4.75. The van der Waals surface area contributed by atoms with Gasteiger partial charge < -0.3 is 10.1 Å². The number of carbonyl (C=O) groups excluding carboxylic acids is 3. The summed E-state index contributed by atoms with van der Waals surface area (Å²) in [6.45, 7) is 0. The normalized spacial score (nSPS) is 10.2. The van der Waals surface area contributed by atoms with Crippen LogP contribution in [-0.2, 0) is 0 Å². The van der Waals surface area contributed by atoms with Crippen molar-refractivity contribution in [1.29, 1.82) is 0 Å². The summed E-state index contributed by atoms with van der Waals surface area (Å²) in [6.07, 6.45) is 0. The van der Waals surface area contributed by atoms with Crippen LogP contribution in [0.4, 0.5) is 5.69 Å². The first-order valence-electron chi connectivity index (χ1n) is 8.98. The topological polar surface area (TPSA) is 96.5 Å². The fraction of sp³-hybridized carbons (Fsp3) is 0.0455. The fourth-order valence-electron chi connectivity index (χ4n) is 2.61. The summed E-state index contributed by atoms with van der Waals surface area (Å²) in [5.74, 6) is -0.883. The summed E-state index contributed by atoms with van der Waals surface area (Å²) in [5, 5.41) is 3.29. The molecule has 0 heterocycles. The Labute approximate surface area is 188 Å². The van der Waals surface area contributed by atoms with Crippen LogP contribution in [0.3, 0.4) is 0 Å². The minimum absolute atomic E-state index is 0.208. The number of amides is 3. The van der Waals surface area contributed by atoms with E-state index in [1.54, 1.807) is 48.5 Å². The third kappa shape index (κ3) is 5.75. The quantitative estimate of drug-likeness (QED) is 0.496. The van der Waals surface area contributed by atoms with Crippen molar-refractivity contribution >= 4 is 46.6 Å². The van der Waals surface area contributed by atoms with E-state index in [9.17, 15) is 14.4 Å². The van der Waals surface area contributed by atoms with Crippen LogP contribution < -0.4 is 20.9 Å². The van der Waals surface area contributed by atoms with Gasteiger partial charge in [-0.3, -0.25) is 25.2 Å². The van der Waals surface area contributed by atoms with Crippen molar-refractivity contribution in [2.75, 3.05) is 12.4 Å². The highest BCUT2D eigenvalue weighted by atomic mass is 35.5. The Morgan fingerprint density at radius 2 is 1.45 bits per heavy atom.